The van der Waals surface area contributed by atoms with E-state index in [0.717, 1.165) is 12.1 Å². The largest absolute Gasteiger partial charge is 0.232 e. The summed E-state index contributed by atoms with van der Waals surface area (Å²) in [7, 11) is 0. The van der Waals surface area contributed by atoms with Crippen molar-refractivity contribution in [3.63, 3.8) is 0 Å². The molecule has 0 amide bonds. The van der Waals surface area contributed by atoms with Crippen molar-refractivity contribution in [2.24, 2.45) is 0 Å². The molecule has 0 aromatic heterocycles. The highest BCUT2D eigenvalue weighted by atomic mass is 14.9. The van der Waals surface area contributed by atoms with Gasteiger partial charge in [-0.1, -0.05) is 6.08 Å². The topological polar surface area (TPSA) is 37.9 Å². The van der Waals surface area contributed by atoms with Crippen LogP contribution in [-0.2, 0) is 0 Å². The van der Waals surface area contributed by atoms with Gasteiger partial charge in [-0.25, -0.2) is 5.32 Å². The molecular formula is C5H5N2. The summed E-state index contributed by atoms with van der Waals surface area (Å²) in [5.41, 5.74) is 0.806. The van der Waals surface area contributed by atoms with Gasteiger partial charge in [0, 0.05) is 18.7 Å². The minimum atomic E-state index is 0.635. The van der Waals surface area contributed by atoms with E-state index in [4.69, 9.17) is 5.26 Å². The van der Waals surface area contributed by atoms with E-state index in [2.05, 4.69) is 5.32 Å². The first-order valence-corrected chi connectivity index (χ1v) is 2.16. The highest BCUT2D eigenvalue weighted by Crippen LogP contribution is 1.95. The SMILES string of the molecule is N#CC1=CC[N]C1. The minimum Gasteiger partial charge on any atom is -0.232 e. The normalized spacial score (nSPS) is 18.4. The van der Waals surface area contributed by atoms with E-state index in [-0.39, 0.29) is 0 Å². The van der Waals surface area contributed by atoms with Crippen molar-refractivity contribution in [2.45, 2.75) is 0 Å². The zero-order valence-electron chi connectivity index (χ0n) is 3.89. The highest BCUT2D eigenvalue weighted by Gasteiger charge is 2.00. The van der Waals surface area contributed by atoms with Crippen molar-refractivity contribution in [1.82, 2.24) is 5.32 Å². The zero-order valence-corrected chi connectivity index (χ0v) is 3.89. The fraction of sp³-hybridized carbons (Fsp3) is 0.400. The third-order valence-corrected chi connectivity index (χ3v) is 0.893. The van der Waals surface area contributed by atoms with Crippen molar-refractivity contribution in [1.29, 1.82) is 5.26 Å². The van der Waals surface area contributed by atoms with Crippen LogP contribution in [0.25, 0.3) is 0 Å². The summed E-state index contributed by atoms with van der Waals surface area (Å²) in [6, 6.07) is 2.03. The van der Waals surface area contributed by atoms with Gasteiger partial charge >= 0.3 is 0 Å². The fourth-order valence-electron chi connectivity index (χ4n) is 0.505. The summed E-state index contributed by atoms with van der Waals surface area (Å²) in [4.78, 5) is 0. The van der Waals surface area contributed by atoms with Gasteiger partial charge in [0.15, 0.2) is 0 Å². The van der Waals surface area contributed by atoms with Gasteiger partial charge in [0.05, 0.1) is 6.07 Å². The zero-order chi connectivity index (χ0) is 5.11. The monoisotopic (exact) mass is 93.0 g/mol. The lowest BCUT2D eigenvalue weighted by atomic mass is 10.3. The predicted molar refractivity (Wildman–Crippen MR) is 25.6 cm³/mol. The maximum atomic E-state index is 8.19. The lowest BCUT2D eigenvalue weighted by Crippen LogP contribution is -1.96. The molecule has 1 aliphatic rings. The lowest BCUT2D eigenvalue weighted by molar-refractivity contribution is 0.863. The maximum Gasteiger partial charge on any atom is 0.0958 e. The standard InChI is InChI=1S/C5H5N2/c6-3-5-1-2-7-4-5/h1H,2,4H2. The van der Waals surface area contributed by atoms with Gasteiger partial charge in [-0.05, 0) is 0 Å². The Morgan fingerprint density at radius 2 is 2.71 bits per heavy atom. The van der Waals surface area contributed by atoms with Gasteiger partial charge in [-0.15, -0.1) is 0 Å². The van der Waals surface area contributed by atoms with Crippen LogP contribution in [0.2, 0.25) is 0 Å². The molecule has 7 heavy (non-hydrogen) atoms. The summed E-state index contributed by atoms with van der Waals surface area (Å²) < 4.78 is 0. The third-order valence-electron chi connectivity index (χ3n) is 0.893. The average Bonchev–Trinajstić information content (AvgIpc) is 2.14. The summed E-state index contributed by atoms with van der Waals surface area (Å²) in [6.07, 6.45) is 1.85. The molecule has 0 saturated carbocycles. The summed E-state index contributed by atoms with van der Waals surface area (Å²) in [5, 5.41) is 12.1. The maximum absolute atomic E-state index is 8.19. The molecule has 1 heterocycles. The second-order valence-electron chi connectivity index (χ2n) is 1.41. The Morgan fingerprint density at radius 3 is 3.00 bits per heavy atom. The van der Waals surface area contributed by atoms with Gasteiger partial charge in [0.25, 0.3) is 0 Å². The number of rotatable bonds is 0. The second-order valence-corrected chi connectivity index (χ2v) is 1.41. The van der Waals surface area contributed by atoms with Crippen LogP contribution in [0.3, 0.4) is 0 Å². The second kappa shape index (κ2) is 1.76. The van der Waals surface area contributed by atoms with E-state index in [1.807, 2.05) is 12.1 Å². The Bertz CT molecular complexity index is 130. The molecule has 0 aliphatic carbocycles. The Hall–Kier alpha value is -0.810. The fourth-order valence-corrected chi connectivity index (χ4v) is 0.505. The van der Waals surface area contributed by atoms with Crippen molar-refractivity contribution in [2.75, 3.05) is 13.1 Å². The van der Waals surface area contributed by atoms with E-state index >= 15 is 0 Å². The van der Waals surface area contributed by atoms with Gasteiger partial charge in [-0.2, -0.15) is 5.26 Å². The van der Waals surface area contributed by atoms with Crippen molar-refractivity contribution in [3.8, 4) is 6.07 Å². The van der Waals surface area contributed by atoms with Crippen molar-refractivity contribution >= 4 is 0 Å². The molecule has 1 aliphatic heterocycles. The van der Waals surface area contributed by atoms with Crippen LogP contribution in [0.4, 0.5) is 0 Å². The Kier molecular flexibility index (Phi) is 1.10. The van der Waals surface area contributed by atoms with Gasteiger partial charge < -0.3 is 0 Å². The molecule has 1 rings (SSSR count). The Morgan fingerprint density at radius 1 is 1.86 bits per heavy atom. The molecule has 2 nitrogen and oxygen atoms in total. The van der Waals surface area contributed by atoms with E-state index in [9.17, 15) is 0 Å². The molecule has 0 saturated heterocycles. The molecule has 1 radical (unpaired) electrons. The summed E-state index contributed by atoms with van der Waals surface area (Å²) >= 11 is 0. The van der Waals surface area contributed by atoms with Crippen LogP contribution in [0.15, 0.2) is 11.6 Å². The first kappa shape index (κ1) is 4.35. The van der Waals surface area contributed by atoms with Crippen molar-refractivity contribution < 1.29 is 0 Å². The van der Waals surface area contributed by atoms with Crippen LogP contribution in [0.5, 0.6) is 0 Å². The van der Waals surface area contributed by atoms with E-state index in [1.165, 1.54) is 0 Å². The van der Waals surface area contributed by atoms with Crippen LogP contribution in [-0.4, -0.2) is 13.1 Å². The van der Waals surface area contributed by atoms with Gasteiger partial charge in [-0.3, -0.25) is 0 Å². The molecular weight excluding hydrogens is 88.1 g/mol. The summed E-state index contributed by atoms with van der Waals surface area (Å²) in [6.45, 7) is 1.37. The summed E-state index contributed by atoms with van der Waals surface area (Å²) in [5.74, 6) is 0. The van der Waals surface area contributed by atoms with Crippen molar-refractivity contribution in [3.05, 3.63) is 11.6 Å². The van der Waals surface area contributed by atoms with Crippen LogP contribution >= 0.6 is 0 Å². The molecule has 0 fully saturated rings. The quantitative estimate of drug-likeness (QED) is 0.417. The molecule has 2 heteroatoms. The third kappa shape index (κ3) is 0.787. The van der Waals surface area contributed by atoms with Gasteiger partial charge in [0.1, 0.15) is 0 Å². The Labute approximate surface area is 42.4 Å². The van der Waals surface area contributed by atoms with E-state index in [0.29, 0.717) is 6.54 Å². The Balaban J connectivity index is 2.57. The molecule has 0 atom stereocenters. The minimum absolute atomic E-state index is 0.635. The molecule has 0 N–H and O–H groups in total. The smallest absolute Gasteiger partial charge is 0.0958 e. The molecule has 35 valence electrons. The molecule has 0 spiro atoms. The first-order chi connectivity index (χ1) is 3.43. The molecule has 0 unspecified atom stereocenters. The van der Waals surface area contributed by atoms with Crippen LogP contribution in [0.1, 0.15) is 0 Å². The molecule has 0 aromatic rings. The van der Waals surface area contributed by atoms with E-state index < -0.39 is 0 Å². The number of hydrogen-bond acceptors (Lipinski definition) is 1. The van der Waals surface area contributed by atoms with Crippen LogP contribution < -0.4 is 5.32 Å². The highest BCUT2D eigenvalue weighted by molar-refractivity contribution is 5.25. The molecule has 0 bridgehead atoms. The molecule has 0 aromatic carbocycles. The predicted octanol–water partition coefficient (Wildman–Crippen LogP) is 0.0544. The number of nitrogens with zero attached hydrogens (tertiary/aromatic N) is 2. The number of hydrogen-bond donors (Lipinski definition) is 0. The van der Waals surface area contributed by atoms with E-state index in [1.54, 1.807) is 0 Å². The number of nitriles is 1. The van der Waals surface area contributed by atoms with Crippen LogP contribution in [0, 0.1) is 11.3 Å². The van der Waals surface area contributed by atoms with Gasteiger partial charge in [0.2, 0.25) is 0 Å². The average molecular weight is 93.1 g/mol. The lowest BCUT2D eigenvalue weighted by Gasteiger charge is -1.78. The first-order valence-electron chi connectivity index (χ1n) is 2.16.